The Kier molecular flexibility index (Phi) is 2.92. The highest BCUT2D eigenvalue weighted by atomic mass is 32.1. The van der Waals surface area contributed by atoms with Crippen molar-refractivity contribution in [2.45, 2.75) is 19.9 Å². The average molecular weight is 257 g/mol. The fourth-order valence-corrected chi connectivity index (χ4v) is 3.21. The van der Waals surface area contributed by atoms with E-state index in [0.29, 0.717) is 0 Å². The van der Waals surface area contributed by atoms with Gasteiger partial charge in [0.15, 0.2) is 0 Å². The summed E-state index contributed by atoms with van der Waals surface area (Å²) in [5.41, 5.74) is 2.66. The Labute approximate surface area is 111 Å². The first-order chi connectivity index (χ1) is 8.74. The molecule has 92 valence electrons. The van der Waals surface area contributed by atoms with Gasteiger partial charge in [0.2, 0.25) is 0 Å². The normalized spacial score (nSPS) is 14.4. The number of thiophene rings is 1. The number of hydrogen-bond acceptors (Lipinski definition) is 2. The highest BCUT2D eigenvalue weighted by Crippen LogP contribution is 2.23. The second kappa shape index (κ2) is 4.58. The number of carbonyl (C=O) groups excluding carboxylic acids is 1. The lowest BCUT2D eigenvalue weighted by Crippen LogP contribution is -2.35. The number of carbonyl (C=O) groups is 1. The lowest BCUT2D eigenvalue weighted by molar-refractivity contribution is 0.0739. The fourth-order valence-electron chi connectivity index (χ4n) is 2.37. The van der Waals surface area contributed by atoms with Crippen LogP contribution in [0.25, 0.3) is 0 Å². The van der Waals surface area contributed by atoms with Crippen molar-refractivity contribution in [3.05, 3.63) is 57.3 Å². The molecule has 0 fully saturated rings. The number of hydrogen-bond donors (Lipinski definition) is 0. The minimum Gasteiger partial charge on any atom is -0.333 e. The van der Waals surface area contributed by atoms with Gasteiger partial charge < -0.3 is 4.90 Å². The van der Waals surface area contributed by atoms with Crippen LogP contribution in [-0.2, 0) is 13.0 Å². The molecule has 3 heteroatoms. The highest BCUT2D eigenvalue weighted by molar-refractivity contribution is 7.13. The average Bonchev–Trinajstić information content (AvgIpc) is 2.84. The summed E-state index contributed by atoms with van der Waals surface area (Å²) in [6.07, 6.45) is 0.965. The third kappa shape index (κ3) is 2.06. The van der Waals surface area contributed by atoms with Crippen LogP contribution in [0.5, 0.6) is 0 Å². The van der Waals surface area contributed by atoms with Crippen molar-refractivity contribution in [3.8, 4) is 0 Å². The summed E-state index contributed by atoms with van der Waals surface area (Å²) in [4.78, 5) is 16.4. The molecule has 0 aliphatic carbocycles. The van der Waals surface area contributed by atoms with E-state index in [4.69, 9.17) is 0 Å². The maximum atomic E-state index is 12.4. The summed E-state index contributed by atoms with van der Waals surface area (Å²) in [6, 6.07) is 12.3. The van der Waals surface area contributed by atoms with E-state index in [1.807, 2.05) is 30.0 Å². The predicted octanol–water partition coefficient (Wildman–Crippen LogP) is 3.26. The van der Waals surface area contributed by atoms with Gasteiger partial charge in [0.05, 0.1) is 4.88 Å². The SMILES string of the molecule is Cc1ccc(C(=O)N2CCc3ccccc3C2)s1. The Bertz CT molecular complexity index is 588. The van der Waals surface area contributed by atoms with Crippen molar-refractivity contribution in [3.63, 3.8) is 0 Å². The van der Waals surface area contributed by atoms with Crippen molar-refractivity contribution in [1.29, 1.82) is 0 Å². The molecule has 0 bridgehead atoms. The van der Waals surface area contributed by atoms with E-state index in [-0.39, 0.29) is 5.91 Å². The molecular formula is C15H15NOS. The third-order valence-electron chi connectivity index (χ3n) is 3.37. The zero-order chi connectivity index (χ0) is 12.5. The van der Waals surface area contributed by atoms with Gasteiger partial charge in [-0.25, -0.2) is 0 Å². The van der Waals surface area contributed by atoms with Crippen LogP contribution in [0, 0.1) is 6.92 Å². The van der Waals surface area contributed by atoms with Gasteiger partial charge in [-0.1, -0.05) is 24.3 Å². The van der Waals surface area contributed by atoms with E-state index >= 15 is 0 Å². The van der Waals surface area contributed by atoms with Gasteiger partial charge in [0, 0.05) is 18.0 Å². The molecular weight excluding hydrogens is 242 g/mol. The molecule has 1 amide bonds. The van der Waals surface area contributed by atoms with Gasteiger partial charge in [-0.3, -0.25) is 4.79 Å². The topological polar surface area (TPSA) is 20.3 Å². The molecule has 0 unspecified atom stereocenters. The summed E-state index contributed by atoms with van der Waals surface area (Å²) in [6.45, 7) is 3.60. The molecule has 2 heterocycles. The smallest absolute Gasteiger partial charge is 0.264 e. The fraction of sp³-hybridized carbons (Fsp3) is 0.267. The van der Waals surface area contributed by atoms with E-state index in [0.717, 1.165) is 24.4 Å². The number of amides is 1. The Morgan fingerprint density at radius 1 is 1.17 bits per heavy atom. The molecule has 2 aromatic rings. The summed E-state index contributed by atoms with van der Waals surface area (Å²) >= 11 is 1.58. The second-order valence-corrected chi connectivity index (χ2v) is 5.94. The molecule has 2 nitrogen and oxygen atoms in total. The van der Waals surface area contributed by atoms with Crippen molar-refractivity contribution >= 4 is 17.2 Å². The minimum atomic E-state index is 0.169. The van der Waals surface area contributed by atoms with Crippen molar-refractivity contribution in [1.82, 2.24) is 4.90 Å². The molecule has 1 aromatic carbocycles. The van der Waals surface area contributed by atoms with Crippen LogP contribution in [-0.4, -0.2) is 17.4 Å². The largest absolute Gasteiger partial charge is 0.333 e. The number of nitrogens with zero attached hydrogens (tertiary/aromatic N) is 1. The number of fused-ring (bicyclic) bond motifs is 1. The van der Waals surface area contributed by atoms with E-state index in [1.165, 1.54) is 16.0 Å². The summed E-state index contributed by atoms with van der Waals surface area (Å²) in [5.74, 6) is 0.169. The summed E-state index contributed by atoms with van der Waals surface area (Å²) in [5, 5.41) is 0. The standard InChI is InChI=1S/C15H15NOS/c1-11-6-7-14(18-11)15(17)16-9-8-12-4-2-3-5-13(12)10-16/h2-7H,8-10H2,1H3. The first-order valence-corrected chi connectivity index (χ1v) is 6.98. The van der Waals surface area contributed by atoms with E-state index in [2.05, 4.69) is 18.2 Å². The molecule has 0 saturated carbocycles. The third-order valence-corrected chi connectivity index (χ3v) is 4.36. The maximum absolute atomic E-state index is 12.4. The number of benzene rings is 1. The molecule has 1 aliphatic rings. The maximum Gasteiger partial charge on any atom is 0.264 e. The summed E-state index contributed by atoms with van der Waals surface area (Å²) in [7, 11) is 0. The molecule has 0 saturated heterocycles. The van der Waals surface area contributed by atoms with Crippen LogP contribution in [0.1, 0.15) is 25.7 Å². The molecule has 18 heavy (non-hydrogen) atoms. The predicted molar refractivity (Wildman–Crippen MR) is 73.9 cm³/mol. The van der Waals surface area contributed by atoms with E-state index < -0.39 is 0 Å². The zero-order valence-electron chi connectivity index (χ0n) is 10.3. The molecule has 1 aromatic heterocycles. The Hall–Kier alpha value is -1.61. The Morgan fingerprint density at radius 3 is 2.67 bits per heavy atom. The molecule has 1 aliphatic heterocycles. The highest BCUT2D eigenvalue weighted by Gasteiger charge is 2.22. The second-order valence-electron chi connectivity index (χ2n) is 4.66. The van der Waals surface area contributed by atoms with E-state index in [9.17, 15) is 4.79 Å². The molecule has 0 N–H and O–H groups in total. The number of rotatable bonds is 1. The Morgan fingerprint density at radius 2 is 1.94 bits per heavy atom. The molecule has 0 spiro atoms. The van der Waals surface area contributed by atoms with Crippen molar-refractivity contribution in [2.75, 3.05) is 6.54 Å². The van der Waals surface area contributed by atoms with Gasteiger partial charge in [-0.05, 0) is 36.6 Å². The van der Waals surface area contributed by atoms with Crippen molar-refractivity contribution in [2.24, 2.45) is 0 Å². The molecule has 0 radical (unpaired) electrons. The Balaban J connectivity index is 1.82. The van der Waals surface area contributed by atoms with Gasteiger partial charge in [-0.15, -0.1) is 11.3 Å². The summed E-state index contributed by atoms with van der Waals surface area (Å²) < 4.78 is 0. The van der Waals surface area contributed by atoms with Crippen LogP contribution in [0.3, 0.4) is 0 Å². The monoisotopic (exact) mass is 257 g/mol. The van der Waals surface area contributed by atoms with Gasteiger partial charge in [0.25, 0.3) is 5.91 Å². The lowest BCUT2D eigenvalue weighted by atomic mass is 10.00. The zero-order valence-corrected chi connectivity index (χ0v) is 11.2. The number of aryl methyl sites for hydroxylation is 1. The first-order valence-electron chi connectivity index (χ1n) is 6.16. The molecule has 0 atom stereocenters. The van der Waals surface area contributed by atoms with Crippen LogP contribution in [0.4, 0.5) is 0 Å². The van der Waals surface area contributed by atoms with Crippen LogP contribution in [0.2, 0.25) is 0 Å². The van der Waals surface area contributed by atoms with Gasteiger partial charge in [-0.2, -0.15) is 0 Å². The minimum absolute atomic E-state index is 0.169. The van der Waals surface area contributed by atoms with Crippen LogP contribution < -0.4 is 0 Å². The van der Waals surface area contributed by atoms with Crippen LogP contribution >= 0.6 is 11.3 Å². The van der Waals surface area contributed by atoms with E-state index in [1.54, 1.807) is 11.3 Å². The molecule has 3 rings (SSSR count). The van der Waals surface area contributed by atoms with Gasteiger partial charge >= 0.3 is 0 Å². The van der Waals surface area contributed by atoms with Gasteiger partial charge in [0.1, 0.15) is 0 Å². The van der Waals surface area contributed by atoms with Crippen LogP contribution in [0.15, 0.2) is 36.4 Å². The lowest BCUT2D eigenvalue weighted by Gasteiger charge is -2.28. The van der Waals surface area contributed by atoms with Crippen molar-refractivity contribution < 1.29 is 4.79 Å². The first kappa shape index (κ1) is 11.5. The quantitative estimate of drug-likeness (QED) is 0.768.